The average molecular weight is 564 g/mol. The topological polar surface area (TPSA) is 92.6 Å². The lowest BCUT2D eigenvalue weighted by atomic mass is 9.98. The van der Waals surface area contributed by atoms with Gasteiger partial charge in [-0.2, -0.15) is 0 Å². The maximum absolute atomic E-state index is 14.1. The van der Waals surface area contributed by atoms with E-state index in [0.29, 0.717) is 17.9 Å². The number of nitrogens with zero attached hydrogens (tertiary/aromatic N) is 2. The Morgan fingerprint density at radius 3 is 2.23 bits per heavy atom. The summed E-state index contributed by atoms with van der Waals surface area (Å²) < 4.78 is 75.1. The Kier molecular flexibility index (Phi) is 7.72. The predicted molar refractivity (Wildman–Crippen MR) is 140 cm³/mol. The lowest BCUT2D eigenvalue weighted by molar-refractivity contribution is -0.274. The second-order valence-electron chi connectivity index (χ2n) is 9.13. The third kappa shape index (κ3) is 5.83. The Balaban J connectivity index is 1.45. The van der Waals surface area contributed by atoms with Crippen LogP contribution in [0.5, 0.6) is 17.2 Å². The monoisotopic (exact) mass is 563 g/mol. The van der Waals surface area contributed by atoms with Crippen LogP contribution in [0.4, 0.5) is 24.5 Å². The number of ether oxygens (including phenoxy) is 3. The van der Waals surface area contributed by atoms with Crippen molar-refractivity contribution in [2.75, 3.05) is 24.7 Å². The molecule has 4 atom stereocenters. The Hall–Kier alpha value is -3.32. The summed E-state index contributed by atoms with van der Waals surface area (Å²) in [6, 6.07) is 18.3. The maximum Gasteiger partial charge on any atom is 0.573 e. The van der Waals surface area contributed by atoms with Gasteiger partial charge in [0.1, 0.15) is 15.7 Å². The van der Waals surface area contributed by atoms with Crippen molar-refractivity contribution in [2.45, 2.75) is 42.8 Å². The van der Waals surface area contributed by atoms with Gasteiger partial charge < -0.3 is 24.2 Å². The smallest absolute Gasteiger partial charge is 0.453 e. The van der Waals surface area contributed by atoms with Gasteiger partial charge in [-0.15, -0.1) is 13.2 Å². The molecule has 2 N–H and O–H groups in total. The number of anilines is 2. The summed E-state index contributed by atoms with van der Waals surface area (Å²) >= 11 is 0. The van der Waals surface area contributed by atoms with Crippen LogP contribution in [0.2, 0.25) is 0 Å². The number of para-hydroxylation sites is 4. The van der Waals surface area contributed by atoms with Crippen LogP contribution in [0.1, 0.15) is 13.3 Å². The van der Waals surface area contributed by atoms with E-state index in [9.17, 15) is 22.5 Å². The zero-order valence-corrected chi connectivity index (χ0v) is 21.8. The number of alkyl halides is 3. The van der Waals surface area contributed by atoms with Gasteiger partial charge >= 0.3 is 6.36 Å². The molecular formula is C27H28F3N3O5S. The lowest BCUT2D eigenvalue weighted by Crippen LogP contribution is -2.60. The largest absolute Gasteiger partial charge is 0.573 e. The molecule has 8 nitrogen and oxygen atoms in total. The zero-order valence-electron chi connectivity index (χ0n) is 21.0. The molecule has 3 aromatic rings. The van der Waals surface area contributed by atoms with Crippen LogP contribution >= 0.6 is 0 Å². The van der Waals surface area contributed by atoms with Gasteiger partial charge in [-0.05, 0) is 55.0 Å². The molecule has 0 radical (unpaired) electrons. The minimum Gasteiger partial charge on any atom is -0.453 e. The van der Waals surface area contributed by atoms with E-state index in [1.54, 1.807) is 0 Å². The molecular weight excluding hydrogens is 535 g/mol. The molecule has 1 saturated heterocycles. The van der Waals surface area contributed by atoms with Crippen molar-refractivity contribution in [1.82, 2.24) is 4.72 Å². The van der Waals surface area contributed by atoms with Crippen molar-refractivity contribution >= 4 is 21.3 Å². The van der Waals surface area contributed by atoms with Gasteiger partial charge in [-0.25, -0.2) is 13.3 Å². The Labute approximate surface area is 224 Å². The molecule has 0 aliphatic carbocycles. The van der Waals surface area contributed by atoms with Gasteiger partial charge in [-0.1, -0.05) is 31.2 Å². The van der Waals surface area contributed by atoms with E-state index in [4.69, 9.17) is 9.47 Å². The SMILES string of the molecule is CCCN=S(=O)(N[C@H]1COC[C@H](N2c3ccccc3Oc3ccccc32)[C@H]1O)c1ccc(OC(F)(F)F)cc1. The van der Waals surface area contributed by atoms with Gasteiger partial charge in [-0.3, -0.25) is 0 Å². The molecule has 2 heterocycles. The fraction of sp³-hybridized carbons (Fsp3) is 0.333. The molecule has 5 rings (SSSR count). The van der Waals surface area contributed by atoms with Crippen LogP contribution in [0.15, 0.2) is 82.1 Å². The van der Waals surface area contributed by atoms with Crippen molar-refractivity contribution in [3.05, 3.63) is 72.8 Å². The highest BCUT2D eigenvalue weighted by Gasteiger charge is 2.41. The van der Waals surface area contributed by atoms with Crippen LogP contribution < -0.4 is 19.1 Å². The first kappa shape index (κ1) is 27.3. The van der Waals surface area contributed by atoms with Gasteiger partial charge in [0.15, 0.2) is 11.5 Å². The predicted octanol–water partition coefficient (Wildman–Crippen LogP) is 5.40. The summed E-state index contributed by atoms with van der Waals surface area (Å²) in [7, 11) is -3.34. The summed E-state index contributed by atoms with van der Waals surface area (Å²) in [4.78, 5) is 2.13. The normalized spacial score (nSPS) is 22.2. The molecule has 0 aromatic heterocycles. The highest BCUT2D eigenvalue weighted by Crippen LogP contribution is 2.48. The third-order valence-corrected chi connectivity index (χ3v) is 8.46. The summed E-state index contributed by atoms with van der Waals surface area (Å²) in [6.45, 7) is 2.35. The van der Waals surface area contributed by atoms with Crippen molar-refractivity contribution in [2.24, 2.45) is 4.36 Å². The zero-order chi connectivity index (χ0) is 27.6. The minimum absolute atomic E-state index is 0.0548. The molecule has 0 bridgehead atoms. The van der Waals surface area contributed by atoms with Gasteiger partial charge in [0.2, 0.25) is 0 Å². The Morgan fingerprint density at radius 1 is 1.03 bits per heavy atom. The first-order valence-electron chi connectivity index (χ1n) is 12.5. The number of fused-ring (bicyclic) bond motifs is 2. The number of halogens is 3. The van der Waals surface area contributed by atoms with E-state index in [0.717, 1.165) is 23.5 Å². The van der Waals surface area contributed by atoms with Crippen LogP contribution in [-0.4, -0.2) is 53.6 Å². The summed E-state index contributed by atoms with van der Waals surface area (Å²) in [5, 5.41) is 11.6. The van der Waals surface area contributed by atoms with E-state index in [1.165, 1.54) is 12.1 Å². The molecule has 0 saturated carbocycles. The van der Waals surface area contributed by atoms with E-state index in [2.05, 4.69) is 13.8 Å². The highest BCUT2D eigenvalue weighted by molar-refractivity contribution is 7.91. The van der Waals surface area contributed by atoms with E-state index >= 15 is 0 Å². The van der Waals surface area contributed by atoms with Gasteiger partial charge in [0.25, 0.3) is 0 Å². The molecule has 12 heteroatoms. The van der Waals surface area contributed by atoms with E-state index in [-0.39, 0.29) is 24.7 Å². The number of rotatable bonds is 7. The standard InChI is InChI=1S/C27H28F3N3O5S/c1-2-15-31-39(35,19-13-11-18(12-14-19)38-27(28,29)30)32-20-16-36-17-23(26(20)34)33-21-7-3-5-9-24(21)37-25-10-6-4-8-22(25)33/h3-14,20,23,26,34H,2,15-17H2,1H3,(H,31,32,35)/t20-,23-,26-,39?/m0/s1. The van der Waals surface area contributed by atoms with E-state index < -0.39 is 40.2 Å². The molecule has 2 aliphatic rings. The van der Waals surface area contributed by atoms with Crippen molar-refractivity contribution < 1.29 is 36.7 Å². The summed E-state index contributed by atoms with van der Waals surface area (Å²) in [5.74, 6) is 0.817. The lowest BCUT2D eigenvalue weighted by Gasteiger charge is -2.44. The number of aliphatic hydroxyl groups is 1. The fourth-order valence-electron chi connectivity index (χ4n) is 4.63. The number of nitrogens with one attached hydrogen (secondary N) is 1. The van der Waals surface area contributed by atoms with E-state index in [1.807, 2.05) is 60.4 Å². The highest BCUT2D eigenvalue weighted by atomic mass is 32.2. The number of benzene rings is 3. The summed E-state index contributed by atoms with van der Waals surface area (Å²) in [5.41, 5.74) is 1.50. The van der Waals surface area contributed by atoms with Crippen LogP contribution in [0, 0.1) is 0 Å². The maximum atomic E-state index is 14.1. The molecule has 0 amide bonds. The van der Waals surface area contributed by atoms with Crippen molar-refractivity contribution in [3.63, 3.8) is 0 Å². The molecule has 3 aromatic carbocycles. The number of aliphatic hydroxyl groups excluding tert-OH is 1. The average Bonchev–Trinajstić information content (AvgIpc) is 2.91. The Morgan fingerprint density at radius 2 is 1.64 bits per heavy atom. The molecule has 208 valence electrons. The number of hydrogen-bond donors (Lipinski definition) is 2. The van der Waals surface area contributed by atoms with Crippen LogP contribution in [0.25, 0.3) is 0 Å². The second kappa shape index (κ2) is 11.0. The van der Waals surface area contributed by atoms with Crippen LogP contribution in [0.3, 0.4) is 0 Å². The molecule has 1 unspecified atom stereocenters. The first-order valence-corrected chi connectivity index (χ1v) is 14.0. The molecule has 1 fully saturated rings. The summed E-state index contributed by atoms with van der Waals surface area (Å²) in [6.07, 6.45) is -5.30. The molecule has 39 heavy (non-hydrogen) atoms. The van der Waals surface area contributed by atoms with Crippen LogP contribution in [-0.2, 0) is 14.7 Å². The molecule has 0 spiro atoms. The quantitative estimate of drug-likeness (QED) is 0.400. The first-order chi connectivity index (χ1) is 18.7. The second-order valence-corrected chi connectivity index (χ2v) is 11.1. The van der Waals surface area contributed by atoms with Gasteiger partial charge in [0, 0.05) is 6.54 Å². The van der Waals surface area contributed by atoms with Crippen molar-refractivity contribution in [3.8, 4) is 17.2 Å². The number of hydrogen-bond acceptors (Lipinski definition) is 7. The molecule has 2 aliphatic heterocycles. The van der Waals surface area contributed by atoms with Gasteiger partial charge in [0.05, 0.1) is 47.7 Å². The van der Waals surface area contributed by atoms with Crippen molar-refractivity contribution in [1.29, 1.82) is 0 Å². The fourth-order valence-corrected chi connectivity index (χ4v) is 6.56. The third-order valence-electron chi connectivity index (χ3n) is 6.38. The Bertz CT molecular complexity index is 1380. The minimum atomic E-state index is -4.84.